The molecule has 0 spiro atoms. The Morgan fingerprint density at radius 2 is 2.06 bits per heavy atom. The molecule has 3 rings (SSSR count). The molecular weight excluding hydrogens is 224 g/mol. The molecule has 0 aromatic heterocycles. The molecule has 0 aliphatic carbocycles. The lowest BCUT2D eigenvalue weighted by atomic mass is 9.95. The Bertz CT molecular complexity index is 453. The molecule has 4 atom stereocenters. The van der Waals surface area contributed by atoms with Gasteiger partial charge in [-0.2, -0.15) is 5.26 Å². The molecule has 3 heteroatoms. The van der Waals surface area contributed by atoms with Crippen LogP contribution in [0.5, 0.6) is 0 Å². The second-order valence-corrected chi connectivity index (χ2v) is 5.42. The molecule has 0 amide bonds. The van der Waals surface area contributed by atoms with Crippen molar-refractivity contribution in [3.8, 4) is 6.07 Å². The summed E-state index contributed by atoms with van der Waals surface area (Å²) in [5.41, 5.74) is 1.26. The van der Waals surface area contributed by atoms with E-state index in [2.05, 4.69) is 23.1 Å². The van der Waals surface area contributed by atoms with Crippen LogP contribution in [0.2, 0.25) is 0 Å². The zero-order chi connectivity index (χ0) is 12.5. The lowest BCUT2D eigenvalue weighted by Crippen LogP contribution is -2.48. The van der Waals surface area contributed by atoms with Crippen LogP contribution >= 0.6 is 0 Å². The third-order valence-corrected chi connectivity index (χ3v) is 4.35. The number of hydrogen-bond acceptors (Lipinski definition) is 3. The fourth-order valence-corrected chi connectivity index (χ4v) is 3.51. The molecule has 0 radical (unpaired) electrons. The van der Waals surface area contributed by atoms with Crippen LogP contribution in [0, 0.1) is 17.2 Å². The highest BCUT2D eigenvalue weighted by atomic mass is 16.3. The Balaban J connectivity index is 1.82. The van der Waals surface area contributed by atoms with Crippen molar-refractivity contribution in [1.29, 1.82) is 5.26 Å². The van der Waals surface area contributed by atoms with Crippen molar-refractivity contribution in [2.75, 3.05) is 0 Å². The molecule has 2 fully saturated rings. The first-order valence-corrected chi connectivity index (χ1v) is 6.67. The molecule has 2 aliphatic rings. The smallest absolute Gasteiger partial charge is 0.0709 e. The number of aliphatic hydroxyl groups excluding tert-OH is 1. The first kappa shape index (κ1) is 11.7. The van der Waals surface area contributed by atoms with Gasteiger partial charge in [-0.1, -0.05) is 30.3 Å². The predicted octanol–water partition coefficient (Wildman–Crippen LogP) is 1.92. The van der Waals surface area contributed by atoms with E-state index in [1.807, 2.05) is 18.2 Å². The average molecular weight is 242 g/mol. The maximum absolute atomic E-state index is 10.2. The molecular formula is C15H18N2O. The fourth-order valence-electron chi connectivity index (χ4n) is 3.51. The summed E-state index contributed by atoms with van der Waals surface area (Å²) < 4.78 is 0. The lowest BCUT2D eigenvalue weighted by molar-refractivity contribution is 0.00315. The van der Waals surface area contributed by atoms with Gasteiger partial charge in [0.2, 0.25) is 0 Å². The van der Waals surface area contributed by atoms with Crippen molar-refractivity contribution >= 4 is 0 Å². The Hall–Kier alpha value is -1.37. The summed E-state index contributed by atoms with van der Waals surface area (Å²) in [5, 5.41) is 19.4. The molecule has 2 aliphatic heterocycles. The summed E-state index contributed by atoms with van der Waals surface area (Å²) in [6.07, 6.45) is 2.45. The minimum atomic E-state index is -0.336. The highest BCUT2D eigenvalue weighted by Crippen LogP contribution is 2.40. The highest BCUT2D eigenvalue weighted by Gasteiger charge is 2.47. The number of nitrogens with zero attached hydrogens (tertiary/aromatic N) is 2. The van der Waals surface area contributed by atoms with E-state index < -0.39 is 0 Å². The van der Waals surface area contributed by atoms with Gasteiger partial charge < -0.3 is 5.11 Å². The lowest BCUT2D eigenvalue weighted by Gasteiger charge is -2.38. The standard InChI is InChI=1S/C15H18N2O/c16-9-12-8-13-6-7-14(18)15(12)17(13)10-11-4-2-1-3-5-11/h1-5,12-15,18H,6-8,10H2/t12-,13+,14-,15+/m0/s1. The van der Waals surface area contributed by atoms with E-state index in [4.69, 9.17) is 0 Å². The van der Waals surface area contributed by atoms with E-state index in [-0.39, 0.29) is 18.1 Å². The number of nitriles is 1. The molecule has 1 aromatic carbocycles. The number of piperidine rings is 1. The third-order valence-electron chi connectivity index (χ3n) is 4.35. The van der Waals surface area contributed by atoms with Gasteiger partial charge in [0.25, 0.3) is 0 Å². The summed E-state index contributed by atoms with van der Waals surface area (Å²) in [4.78, 5) is 2.34. The minimum Gasteiger partial charge on any atom is -0.391 e. The first-order valence-electron chi connectivity index (χ1n) is 6.67. The molecule has 94 valence electrons. The third kappa shape index (κ3) is 1.92. The summed E-state index contributed by atoms with van der Waals surface area (Å²) in [5.74, 6) is -0.00351. The minimum absolute atomic E-state index is 0.00351. The van der Waals surface area contributed by atoms with Gasteiger partial charge in [0.1, 0.15) is 0 Å². The summed E-state index contributed by atoms with van der Waals surface area (Å²) >= 11 is 0. The van der Waals surface area contributed by atoms with Crippen LogP contribution in [0.4, 0.5) is 0 Å². The Morgan fingerprint density at radius 3 is 2.78 bits per heavy atom. The molecule has 18 heavy (non-hydrogen) atoms. The molecule has 1 N–H and O–H groups in total. The van der Waals surface area contributed by atoms with Crippen molar-refractivity contribution in [2.24, 2.45) is 5.92 Å². The van der Waals surface area contributed by atoms with Gasteiger partial charge in [-0.3, -0.25) is 4.90 Å². The topological polar surface area (TPSA) is 47.3 Å². The van der Waals surface area contributed by atoms with Gasteiger partial charge in [0, 0.05) is 12.6 Å². The van der Waals surface area contributed by atoms with E-state index >= 15 is 0 Å². The SMILES string of the molecule is N#C[C@@H]1C[C@H]2CC[C@H](O)[C@@H]1N2Cc1ccccc1. The summed E-state index contributed by atoms with van der Waals surface area (Å²) in [7, 11) is 0. The Morgan fingerprint density at radius 1 is 1.28 bits per heavy atom. The number of fused-ring (bicyclic) bond motifs is 2. The van der Waals surface area contributed by atoms with Crippen molar-refractivity contribution in [3.63, 3.8) is 0 Å². The van der Waals surface area contributed by atoms with Crippen LogP contribution in [-0.4, -0.2) is 28.2 Å². The van der Waals surface area contributed by atoms with Crippen LogP contribution in [0.1, 0.15) is 24.8 Å². The first-order chi connectivity index (χ1) is 8.79. The predicted molar refractivity (Wildman–Crippen MR) is 68.5 cm³/mol. The Kier molecular flexibility index (Phi) is 3.07. The zero-order valence-corrected chi connectivity index (χ0v) is 10.4. The number of benzene rings is 1. The van der Waals surface area contributed by atoms with Gasteiger partial charge in [-0.25, -0.2) is 0 Å². The largest absolute Gasteiger partial charge is 0.391 e. The second-order valence-electron chi connectivity index (χ2n) is 5.42. The molecule has 0 saturated carbocycles. The quantitative estimate of drug-likeness (QED) is 0.862. The van der Waals surface area contributed by atoms with Crippen LogP contribution in [-0.2, 0) is 6.54 Å². The van der Waals surface area contributed by atoms with E-state index in [0.29, 0.717) is 6.04 Å². The van der Waals surface area contributed by atoms with Crippen LogP contribution in [0.15, 0.2) is 30.3 Å². The zero-order valence-electron chi connectivity index (χ0n) is 10.4. The van der Waals surface area contributed by atoms with Gasteiger partial charge in [0.05, 0.1) is 24.1 Å². The van der Waals surface area contributed by atoms with Gasteiger partial charge in [-0.05, 0) is 24.8 Å². The van der Waals surface area contributed by atoms with Crippen molar-refractivity contribution < 1.29 is 5.11 Å². The van der Waals surface area contributed by atoms with E-state index in [9.17, 15) is 10.4 Å². The fraction of sp³-hybridized carbons (Fsp3) is 0.533. The highest BCUT2D eigenvalue weighted by molar-refractivity contribution is 5.17. The number of rotatable bonds is 2. The molecule has 0 unspecified atom stereocenters. The summed E-state index contributed by atoms with van der Waals surface area (Å²) in [6, 6.07) is 13.2. The average Bonchev–Trinajstić information content (AvgIpc) is 2.65. The van der Waals surface area contributed by atoms with Crippen LogP contribution < -0.4 is 0 Å². The van der Waals surface area contributed by atoms with Crippen LogP contribution in [0.25, 0.3) is 0 Å². The van der Waals surface area contributed by atoms with E-state index in [0.717, 1.165) is 25.8 Å². The molecule has 2 bridgehead atoms. The van der Waals surface area contributed by atoms with Gasteiger partial charge in [0.15, 0.2) is 0 Å². The van der Waals surface area contributed by atoms with Gasteiger partial charge >= 0.3 is 0 Å². The van der Waals surface area contributed by atoms with E-state index in [1.54, 1.807) is 0 Å². The molecule has 2 heterocycles. The molecule has 2 saturated heterocycles. The second kappa shape index (κ2) is 4.72. The van der Waals surface area contributed by atoms with Gasteiger partial charge in [-0.15, -0.1) is 0 Å². The number of aliphatic hydroxyl groups is 1. The monoisotopic (exact) mass is 242 g/mol. The number of hydrogen-bond donors (Lipinski definition) is 1. The molecule has 3 nitrogen and oxygen atoms in total. The summed E-state index contributed by atoms with van der Waals surface area (Å²) in [6.45, 7) is 0.853. The van der Waals surface area contributed by atoms with Crippen LogP contribution in [0.3, 0.4) is 0 Å². The van der Waals surface area contributed by atoms with Crippen molar-refractivity contribution in [3.05, 3.63) is 35.9 Å². The van der Waals surface area contributed by atoms with Crippen molar-refractivity contribution in [2.45, 2.75) is 44.0 Å². The maximum atomic E-state index is 10.2. The normalized spacial score (nSPS) is 35.3. The van der Waals surface area contributed by atoms with Crippen molar-refractivity contribution in [1.82, 2.24) is 4.90 Å². The Labute approximate surface area is 108 Å². The van der Waals surface area contributed by atoms with E-state index in [1.165, 1.54) is 5.56 Å². The molecule has 1 aromatic rings. The maximum Gasteiger partial charge on any atom is 0.0709 e.